The van der Waals surface area contributed by atoms with E-state index in [1.807, 2.05) is 0 Å². The molecule has 2 nitrogen and oxygen atoms in total. The first-order valence-electron chi connectivity index (χ1n) is 6.24. The third-order valence-electron chi connectivity index (χ3n) is 3.12. The van der Waals surface area contributed by atoms with Gasteiger partial charge in [0, 0.05) is 24.7 Å². The molecule has 0 radical (unpaired) electrons. The molecule has 20 heavy (non-hydrogen) atoms. The first kappa shape index (κ1) is 14.2. The number of aryl methyl sites for hydroxylation is 1. The minimum absolute atomic E-state index is 0.169. The molecule has 0 spiro atoms. The van der Waals surface area contributed by atoms with Gasteiger partial charge in [-0.15, -0.1) is 0 Å². The van der Waals surface area contributed by atoms with Crippen LogP contribution < -0.4 is 0 Å². The Morgan fingerprint density at radius 3 is 2.45 bits per heavy atom. The first-order valence-corrected chi connectivity index (χ1v) is 6.24. The molecule has 0 aliphatic carbocycles. The van der Waals surface area contributed by atoms with Gasteiger partial charge in [-0.05, 0) is 36.8 Å². The van der Waals surface area contributed by atoms with Gasteiger partial charge < -0.3 is 4.90 Å². The minimum Gasteiger partial charge on any atom is -0.337 e. The lowest BCUT2D eigenvalue weighted by atomic mass is 10.1. The molecular weight excluding hydrogens is 260 g/mol. The molecule has 2 aromatic carbocycles. The average Bonchev–Trinajstić information content (AvgIpc) is 2.43. The van der Waals surface area contributed by atoms with Crippen molar-refractivity contribution >= 4 is 5.91 Å². The van der Waals surface area contributed by atoms with Crippen molar-refractivity contribution in [1.82, 2.24) is 4.90 Å². The third kappa shape index (κ3) is 3.02. The first-order chi connectivity index (χ1) is 9.49. The van der Waals surface area contributed by atoms with Gasteiger partial charge in [-0.25, -0.2) is 8.78 Å². The minimum atomic E-state index is -0.349. The maximum absolute atomic E-state index is 13.5. The van der Waals surface area contributed by atoms with Crippen LogP contribution in [0.3, 0.4) is 0 Å². The van der Waals surface area contributed by atoms with Crippen LogP contribution in [-0.4, -0.2) is 17.9 Å². The third-order valence-corrected chi connectivity index (χ3v) is 3.12. The largest absolute Gasteiger partial charge is 0.337 e. The Morgan fingerprint density at radius 2 is 1.80 bits per heavy atom. The Bertz CT molecular complexity index is 640. The number of benzene rings is 2. The second-order valence-corrected chi connectivity index (χ2v) is 4.72. The van der Waals surface area contributed by atoms with Gasteiger partial charge in [-0.1, -0.05) is 18.2 Å². The molecule has 0 aliphatic heterocycles. The zero-order valence-corrected chi connectivity index (χ0v) is 11.4. The Kier molecular flexibility index (Phi) is 4.13. The van der Waals surface area contributed by atoms with Gasteiger partial charge in [0.25, 0.3) is 5.91 Å². The molecule has 2 rings (SSSR count). The van der Waals surface area contributed by atoms with E-state index in [-0.39, 0.29) is 24.1 Å². The summed E-state index contributed by atoms with van der Waals surface area (Å²) in [5.41, 5.74) is 1.25. The SMILES string of the molecule is Cc1cc(C(=O)N(C)Cc2ccccc2F)ccc1F. The van der Waals surface area contributed by atoms with Crippen molar-refractivity contribution in [2.75, 3.05) is 7.05 Å². The fourth-order valence-corrected chi connectivity index (χ4v) is 1.95. The highest BCUT2D eigenvalue weighted by molar-refractivity contribution is 5.94. The van der Waals surface area contributed by atoms with Crippen molar-refractivity contribution in [3.63, 3.8) is 0 Å². The topological polar surface area (TPSA) is 20.3 Å². The molecule has 4 heteroatoms. The smallest absolute Gasteiger partial charge is 0.253 e. The van der Waals surface area contributed by atoms with Crippen molar-refractivity contribution < 1.29 is 13.6 Å². The zero-order valence-electron chi connectivity index (χ0n) is 11.4. The number of amides is 1. The van der Waals surface area contributed by atoms with E-state index in [0.717, 1.165) is 0 Å². The van der Waals surface area contributed by atoms with E-state index in [1.165, 1.54) is 29.2 Å². The lowest BCUT2D eigenvalue weighted by Crippen LogP contribution is -2.26. The van der Waals surface area contributed by atoms with Crippen LogP contribution >= 0.6 is 0 Å². The summed E-state index contributed by atoms with van der Waals surface area (Å²) in [4.78, 5) is 13.6. The van der Waals surface area contributed by atoms with Crippen LogP contribution in [-0.2, 0) is 6.54 Å². The van der Waals surface area contributed by atoms with Crippen LogP contribution in [0.25, 0.3) is 0 Å². The zero-order chi connectivity index (χ0) is 14.7. The molecule has 0 bridgehead atoms. The van der Waals surface area contributed by atoms with Gasteiger partial charge in [0.15, 0.2) is 0 Å². The van der Waals surface area contributed by atoms with Gasteiger partial charge >= 0.3 is 0 Å². The summed E-state index contributed by atoms with van der Waals surface area (Å²) in [6, 6.07) is 10.5. The normalized spacial score (nSPS) is 10.4. The molecule has 0 saturated heterocycles. The number of carbonyl (C=O) groups is 1. The second-order valence-electron chi connectivity index (χ2n) is 4.72. The molecule has 104 valence electrons. The highest BCUT2D eigenvalue weighted by Crippen LogP contribution is 2.14. The Balaban J connectivity index is 2.16. The average molecular weight is 275 g/mol. The molecule has 2 aromatic rings. The molecule has 1 amide bonds. The standard InChI is InChI=1S/C16H15F2NO/c1-11-9-12(7-8-14(11)17)16(20)19(2)10-13-5-3-4-6-15(13)18/h3-9H,10H2,1-2H3. The molecule has 0 atom stereocenters. The lowest BCUT2D eigenvalue weighted by Gasteiger charge is -2.18. The molecule has 0 saturated carbocycles. The van der Waals surface area contributed by atoms with Crippen molar-refractivity contribution in [2.45, 2.75) is 13.5 Å². The van der Waals surface area contributed by atoms with Gasteiger partial charge in [-0.3, -0.25) is 4.79 Å². The van der Waals surface area contributed by atoms with Crippen molar-refractivity contribution in [2.24, 2.45) is 0 Å². The van der Waals surface area contributed by atoms with E-state index in [1.54, 1.807) is 32.2 Å². The van der Waals surface area contributed by atoms with Gasteiger partial charge in [0.2, 0.25) is 0 Å². The maximum atomic E-state index is 13.5. The predicted octanol–water partition coefficient (Wildman–Crippen LogP) is 3.55. The van der Waals surface area contributed by atoms with E-state index in [0.29, 0.717) is 16.7 Å². The van der Waals surface area contributed by atoms with Crippen LogP contribution in [0.5, 0.6) is 0 Å². The van der Waals surface area contributed by atoms with Gasteiger partial charge in [-0.2, -0.15) is 0 Å². The van der Waals surface area contributed by atoms with E-state index in [2.05, 4.69) is 0 Å². The fourth-order valence-electron chi connectivity index (χ4n) is 1.95. The van der Waals surface area contributed by atoms with Crippen molar-refractivity contribution in [1.29, 1.82) is 0 Å². The van der Waals surface area contributed by atoms with Crippen LogP contribution in [0.4, 0.5) is 8.78 Å². The van der Waals surface area contributed by atoms with Crippen molar-refractivity contribution in [3.05, 3.63) is 70.8 Å². The van der Waals surface area contributed by atoms with Crippen LogP contribution in [0, 0.1) is 18.6 Å². The molecule has 0 N–H and O–H groups in total. The number of carbonyl (C=O) groups excluding carboxylic acids is 1. The summed E-state index contributed by atoms with van der Waals surface area (Å²) in [7, 11) is 1.59. The highest BCUT2D eigenvalue weighted by atomic mass is 19.1. The highest BCUT2D eigenvalue weighted by Gasteiger charge is 2.14. The monoisotopic (exact) mass is 275 g/mol. The van der Waals surface area contributed by atoms with Crippen LogP contribution in [0.15, 0.2) is 42.5 Å². The summed E-state index contributed by atoms with van der Waals surface area (Å²) >= 11 is 0. The number of rotatable bonds is 3. The van der Waals surface area contributed by atoms with E-state index in [4.69, 9.17) is 0 Å². The van der Waals surface area contributed by atoms with E-state index >= 15 is 0 Å². The maximum Gasteiger partial charge on any atom is 0.253 e. The molecule has 0 unspecified atom stereocenters. The van der Waals surface area contributed by atoms with Gasteiger partial charge in [0.1, 0.15) is 11.6 Å². The summed E-state index contributed by atoms with van der Waals surface area (Å²) in [5.74, 6) is -0.961. The number of halogens is 2. The van der Waals surface area contributed by atoms with Crippen LogP contribution in [0.1, 0.15) is 21.5 Å². The van der Waals surface area contributed by atoms with E-state index < -0.39 is 0 Å². The molecular formula is C16H15F2NO. The number of nitrogens with zero attached hydrogens (tertiary/aromatic N) is 1. The summed E-state index contributed by atoms with van der Waals surface area (Å²) in [6.45, 7) is 1.77. The molecule has 0 aromatic heterocycles. The number of hydrogen-bond donors (Lipinski definition) is 0. The molecule has 0 aliphatic rings. The molecule has 0 fully saturated rings. The summed E-state index contributed by atoms with van der Waals surface area (Å²) < 4.78 is 26.7. The Hall–Kier alpha value is -2.23. The Morgan fingerprint density at radius 1 is 1.10 bits per heavy atom. The van der Waals surface area contributed by atoms with E-state index in [9.17, 15) is 13.6 Å². The van der Waals surface area contributed by atoms with Crippen LogP contribution in [0.2, 0.25) is 0 Å². The predicted molar refractivity (Wildman–Crippen MR) is 73.3 cm³/mol. The summed E-state index contributed by atoms with van der Waals surface area (Å²) in [6.07, 6.45) is 0. The molecule has 0 heterocycles. The number of hydrogen-bond acceptors (Lipinski definition) is 1. The second kappa shape index (κ2) is 5.82. The quantitative estimate of drug-likeness (QED) is 0.839. The lowest BCUT2D eigenvalue weighted by molar-refractivity contribution is 0.0783. The van der Waals surface area contributed by atoms with Gasteiger partial charge in [0.05, 0.1) is 0 Å². The Labute approximate surface area is 116 Å². The van der Waals surface area contributed by atoms with Crippen molar-refractivity contribution in [3.8, 4) is 0 Å². The fraction of sp³-hybridized carbons (Fsp3) is 0.188. The summed E-state index contributed by atoms with van der Waals surface area (Å²) in [5, 5.41) is 0.